The maximum absolute atomic E-state index is 9.69. The molecule has 0 bridgehead atoms. The Morgan fingerprint density at radius 2 is 2.10 bits per heavy atom. The zero-order chi connectivity index (χ0) is 19.8. The molecule has 5 rings (SSSR count). The zero-order valence-corrected chi connectivity index (χ0v) is 16.0. The molecule has 0 amide bonds. The molecule has 2 fully saturated rings. The molecule has 0 radical (unpaired) electrons. The van der Waals surface area contributed by atoms with Crippen molar-refractivity contribution in [3.05, 3.63) is 42.4 Å². The van der Waals surface area contributed by atoms with E-state index in [1.54, 1.807) is 4.68 Å². The Morgan fingerprint density at radius 3 is 2.86 bits per heavy atom. The number of morpholine rings is 1. The van der Waals surface area contributed by atoms with Crippen LogP contribution in [-0.4, -0.2) is 57.3 Å². The van der Waals surface area contributed by atoms with Crippen molar-refractivity contribution < 1.29 is 9.84 Å². The van der Waals surface area contributed by atoms with Crippen LogP contribution in [0.5, 0.6) is 0 Å². The number of nitriles is 1. The van der Waals surface area contributed by atoms with Crippen molar-refractivity contribution in [3.63, 3.8) is 0 Å². The van der Waals surface area contributed by atoms with Gasteiger partial charge in [-0.2, -0.15) is 10.4 Å². The predicted molar refractivity (Wildman–Crippen MR) is 107 cm³/mol. The number of anilines is 1. The molecule has 3 aromatic rings. The standard InChI is InChI=1S/C21H22N6O2/c22-13-21(4-1-5-21)16-3-2-15-10-25-27(18(15)8-16)20-9-19(23-14-24-20)26-6-7-29-17(11-26)12-28/h2-3,8-10,14,17,28H,1,4-7,11-12H2/t17-/m1/s1. The number of rotatable bonds is 4. The minimum Gasteiger partial charge on any atom is -0.394 e. The molecule has 1 aliphatic carbocycles. The van der Waals surface area contributed by atoms with Crippen LogP contribution < -0.4 is 4.90 Å². The number of nitrogens with zero attached hydrogens (tertiary/aromatic N) is 6. The summed E-state index contributed by atoms with van der Waals surface area (Å²) in [4.78, 5) is 10.9. The summed E-state index contributed by atoms with van der Waals surface area (Å²) in [5.41, 5.74) is 1.62. The van der Waals surface area contributed by atoms with Crippen molar-refractivity contribution in [1.82, 2.24) is 19.7 Å². The number of fused-ring (bicyclic) bond motifs is 1. The molecule has 1 saturated heterocycles. The van der Waals surface area contributed by atoms with Crippen molar-refractivity contribution in [1.29, 1.82) is 5.26 Å². The first-order valence-corrected chi connectivity index (χ1v) is 9.92. The molecule has 1 aromatic carbocycles. The Hall–Kier alpha value is -3.02. The number of benzene rings is 1. The Morgan fingerprint density at radius 1 is 1.24 bits per heavy atom. The second-order valence-electron chi connectivity index (χ2n) is 7.73. The first-order valence-electron chi connectivity index (χ1n) is 9.92. The third-order valence-corrected chi connectivity index (χ3v) is 6.07. The second kappa shape index (κ2) is 7.10. The van der Waals surface area contributed by atoms with Gasteiger partial charge in [0.2, 0.25) is 0 Å². The van der Waals surface area contributed by atoms with Crippen LogP contribution in [0.25, 0.3) is 16.7 Å². The van der Waals surface area contributed by atoms with Gasteiger partial charge < -0.3 is 14.7 Å². The zero-order valence-electron chi connectivity index (χ0n) is 16.0. The average molecular weight is 390 g/mol. The maximum atomic E-state index is 9.69. The van der Waals surface area contributed by atoms with Gasteiger partial charge in [0.25, 0.3) is 0 Å². The molecule has 0 unspecified atom stereocenters. The number of hydrogen-bond acceptors (Lipinski definition) is 7. The van der Waals surface area contributed by atoms with Crippen molar-refractivity contribution in [2.75, 3.05) is 31.2 Å². The van der Waals surface area contributed by atoms with Gasteiger partial charge in [-0.3, -0.25) is 0 Å². The van der Waals surface area contributed by atoms with Crippen molar-refractivity contribution in [3.8, 4) is 11.9 Å². The van der Waals surface area contributed by atoms with E-state index in [-0.39, 0.29) is 18.1 Å². The van der Waals surface area contributed by atoms with Crippen LogP contribution in [0.15, 0.2) is 36.8 Å². The second-order valence-corrected chi connectivity index (χ2v) is 7.73. The van der Waals surface area contributed by atoms with Crippen LogP contribution in [0.4, 0.5) is 5.82 Å². The van der Waals surface area contributed by atoms with Crippen molar-refractivity contribution in [2.45, 2.75) is 30.8 Å². The molecule has 1 N–H and O–H groups in total. The van der Waals surface area contributed by atoms with Crippen LogP contribution in [0.1, 0.15) is 24.8 Å². The molecule has 1 aliphatic heterocycles. The molecule has 8 nitrogen and oxygen atoms in total. The van der Waals surface area contributed by atoms with E-state index in [2.05, 4.69) is 32.1 Å². The fourth-order valence-electron chi connectivity index (χ4n) is 4.16. The van der Waals surface area contributed by atoms with E-state index in [4.69, 9.17) is 4.74 Å². The van der Waals surface area contributed by atoms with E-state index in [0.717, 1.165) is 41.5 Å². The molecule has 2 aromatic heterocycles. The van der Waals surface area contributed by atoms with Gasteiger partial charge in [-0.15, -0.1) is 0 Å². The predicted octanol–water partition coefficient (Wildman–Crippen LogP) is 1.96. The number of aliphatic hydroxyl groups excluding tert-OH is 1. The van der Waals surface area contributed by atoms with E-state index in [1.165, 1.54) is 6.33 Å². The summed E-state index contributed by atoms with van der Waals surface area (Å²) in [7, 11) is 0. The largest absolute Gasteiger partial charge is 0.394 e. The molecule has 1 saturated carbocycles. The van der Waals surface area contributed by atoms with Crippen LogP contribution in [-0.2, 0) is 10.2 Å². The summed E-state index contributed by atoms with van der Waals surface area (Å²) in [6.45, 7) is 1.83. The Bertz CT molecular complexity index is 1080. The third-order valence-electron chi connectivity index (χ3n) is 6.07. The summed E-state index contributed by atoms with van der Waals surface area (Å²) >= 11 is 0. The van der Waals surface area contributed by atoms with Crippen molar-refractivity contribution in [2.24, 2.45) is 0 Å². The lowest BCUT2D eigenvalue weighted by molar-refractivity contribution is 0.00335. The van der Waals surface area contributed by atoms with E-state index < -0.39 is 0 Å². The summed E-state index contributed by atoms with van der Waals surface area (Å²) < 4.78 is 7.34. The molecule has 148 valence electrons. The summed E-state index contributed by atoms with van der Waals surface area (Å²) in [5.74, 6) is 1.46. The number of ether oxygens (including phenoxy) is 1. The Kier molecular flexibility index (Phi) is 4.42. The maximum Gasteiger partial charge on any atom is 0.159 e. The average Bonchev–Trinajstić information content (AvgIpc) is 3.17. The van der Waals surface area contributed by atoms with Gasteiger partial charge in [0.05, 0.1) is 42.5 Å². The van der Waals surface area contributed by atoms with Gasteiger partial charge in [-0.1, -0.05) is 12.1 Å². The highest BCUT2D eigenvalue weighted by molar-refractivity contribution is 5.81. The number of hydrogen-bond donors (Lipinski definition) is 1. The minimum absolute atomic E-state index is 0.0122. The monoisotopic (exact) mass is 390 g/mol. The van der Waals surface area contributed by atoms with Crippen LogP contribution in [0.2, 0.25) is 0 Å². The topological polar surface area (TPSA) is 100 Å². The van der Waals surface area contributed by atoms with Crippen LogP contribution >= 0.6 is 0 Å². The van der Waals surface area contributed by atoms with Gasteiger partial charge in [0.15, 0.2) is 5.82 Å². The lowest BCUT2D eigenvalue weighted by Gasteiger charge is -2.35. The first kappa shape index (κ1) is 18.0. The summed E-state index contributed by atoms with van der Waals surface area (Å²) in [5, 5.41) is 24.6. The van der Waals surface area contributed by atoms with E-state index in [9.17, 15) is 10.4 Å². The molecular formula is C21H22N6O2. The lowest BCUT2D eigenvalue weighted by Crippen LogP contribution is -2.44. The number of aromatic nitrogens is 4. The number of aliphatic hydroxyl groups is 1. The van der Waals surface area contributed by atoms with E-state index in [1.807, 2.05) is 24.4 Å². The van der Waals surface area contributed by atoms with Crippen molar-refractivity contribution >= 4 is 16.7 Å². The lowest BCUT2D eigenvalue weighted by atomic mass is 9.65. The minimum atomic E-state index is -0.368. The Labute approximate surface area is 168 Å². The molecule has 29 heavy (non-hydrogen) atoms. The quantitative estimate of drug-likeness (QED) is 0.727. The third kappa shape index (κ3) is 3.03. The van der Waals surface area contributed by atoms with E-state index >= 15 is 0 Å². The van der Waals surface area contributed by atoms with Gasteiger partial charge in [-0.05, 0) is 30.9 Å². The molecule has 3 heterocycles. The van der Waals surface area contributed by atoms with Crippen LogP contribution in [0.3, 0.4) is 0 Å². The van der Waals surface area contributed by atoms with Gasteiger partial charge in [0.1, 0.15) is 12.1 Å². The molecule has 2 aliphatic rings. The first-order chi connectivity index (χ1) is 14.2. The van der Waals surface area contributed by atoms with Crippen LogP contribution in [0, 0.1) is 11.3 Å². The van der Waals surface area contributed by atoms with Gasteiger partial charge in [-0.25, -0.2) is 14.6 Å². The summed E-state index contributed by atoms with van der Waals surface area (Å²) in [6.07, 6.45) is 6.05. The van der Waals surface area contributed by atoms with Gasteiger partial charge in [0, 0.05) is 24.5 Å². The fraction of sp³-hybridized carbons (Fsp3) is 0.429. The fourth-order valence-corrected chi connectivity index (χ4v) is 4.16. The molecule has 0 spiro atoms. The molecule has 1 atom stereocenters. The normalized spacial score (nSPS) is 21.0. The molecule has 8 heteroatoms. The highest BCUT2D eigenvalue weighted by atomic mass is 16.5. The SMILES string of the molecule is N#CC1(c2ccc3cnn(-c4cc(N5CCO[C@@H](CO)C5)ncn4)c3c2)CCC1. The highest BCUT2D eigenvalue weighted by Gasteiger charge is 2.39. The Balaban J connectivity index is 1.52. The highest BCUT2D eigenvalue weighted by Crippen LogP contribution is 2.43. The smallest absolute Gasteiger partial charge is 0.159 e. The van der Waals surface area contributed by atoms with E-state index in [0.29, 0.717) is 25.5 Å². The summed E-state index contributed by atoms with van der Waals surface area (Å²) in [6, 6.07) is 10.6. The molecular weight excluding hydrogens is 368 g/mol. The van der Waals surface area contributed by atoms with Gasteiger partial charge >= 0.3 is 0 Å².